The highest BCUT2D eigenvalue weighted by molar-refractivity contribution is 6.31. The van der Waals surface area contributed by atoms with Crippen molar-refractivity contribution in [1.82, 2.24) is 14.5 Å². The number of pyridine rings is 1. The van der Waals surface area contributed by atoms with E-state index in [0.29, 0.717) is 11.4 Å². The fourth-order valence-corrected chi connectivity index (χ4v) is 2.59. The number of rotatable bonds is 5. The van der Waals surface area contributed by atoms with Crippen LogP contribution in [0.2, 0.25) is 5.02 Å². The second-order valence-corrected chi connectivity index (χ2v) is 5.46. The van der Waals surface area contributed by atoms with Crippen molar-refractivity contribution in [2.24, 2.45) is 0 Å². The first-order valence-corrected chi connectivity index (χ1v) is 7.45. The molecule has 3 aromatic rings. The number of imidazole rings is 1. The second kappa shape index (κ2) is 6.21. The van der Waals surface area contributed by atoms with E-state index in [-0.39, 0.29) is 12.1 Å². The topological polar surface area (TPSA) is 85.9 Å². The average molecular weight is 332 g/mol. The molecule has 0 aliphatic carbocycles. The summed E-state index contributed by atoms with van der Waals surface area (Å²) in [6, 6.07) is 7.41. The lowest BCUT2D eigenvalue weighted by atomic mass is 10.2. The zero-order valence-corrected chi connectivity index (χ0v) is 13.1. The number of fused-ring (bicyclic) bond motifs is 1. The molecule has 2 heterocycles. The number of hydrogen-bond acceptors (Lipinski definition) is 5. The van der Waals surface area contributed by atoms with Crippen LogP contribution in [0, 0.1) is 10.1 Å². The Balaban J connectivity index is 1.91. The predicted octanol–water partition coefficient (Wildman–Crippen LogP) is 4.01. The van der Waals surface area contributed by atoms with Gasteiger partial charge in [-0.3, -0.25) is 4.98 Å². The molecular weight excluding hydrogens is 318 g/mol. The van der Waals surface area contributed by atoms with Crippen LogP contribution in [0.3, 0.4) is 0 Å². The van der Waals surface area contributed by atoms with E-state index in [1.807, 2.05) is 19.1 Å². The van der Waals surface area contributed by atoms with Gasteiger partial charge in [-0.15, -0.1) is 0 Å². The van der Waals surface area contributed by atoms with E-state index in [0.717, 1.165) is 16.6 Å². The van der Waals surface area contributed by atoms with E-state index >= 15 is 0 Å². The van der Waals surface area contributed by atoms with Gasteiger partial charge in [0.1, 0.15) is 12.4 Å². The van der Waals surface area contributed by atoms with Crippen molar-refractivity contribution in [3.05, 3.63) is 58.0 Å². The van der Waals surface area contributed by atoms with E-state index in [9.17, 15) is 10.1 Å². The molecule has 0 saturated heterocycles. The molecule has 1 N–H and O–H groups in total. The fraction of sp³-hybridized carbons (Fsp3) is 0.200. The van der Waals surface area contributed by atoms with Crippen LogP contribution in [0.1, 0.15) is 19.5 Å². The minimum Gasteiger partial charge on any atom is -0.390 e. The van der Waals surface area contributed by atoms with Crippen molar-refractivity contribution in [2.75, 3.05) is 5.32 Å². The molecule has 118 valence electrons. The summed E-state index contributed by atoms with van der Waals surface area (Å²) in [6.45, 7) is 1.94. The molecule has 0 saturated carbocycles. The first-order valence-electron chi connectivity index (χ1n) is 7.07. The number of aromatic nitrogens is 3. The molecule has 7 nitrogen and oxygen atoms in total. The number of nitrogens with one attached hydrogen (secondary N) is 1. The summed E-state index contributed by atoms with van der Waals surface area (Å²) in [7, 11) is 0. The molecule has 0 radical (unpaired) electrons. The van der Waals surface area contributed by atoms with Gasteiger partial charge in [0.25, 0.3) is 0 Å². The van der Waals surface area contributed by atoms with Crippen LogP contribution in [0.15, 0.2) is 42.9 Å². The Labute approximate surface area is 137 Å². The average Bonchev–Trinajstić information content (AvgIpc) is 3.02. The first kappa shape index (κ1) is 15.2. The second-order valence-electron chi connectivity index (χ2n) is 5.02. The minimum atomic E-state index is -0.495. The summed E-state index contributed by atoms with van der Waals surface area (Å²) in [5.74, 6) is -0.190. The molecule has 1 atom stereocenters. The highest BCUT2D eigenvalue weighted by Gasteiger charge is 2.21. The molecule has 0 spiro atoms. The van der Waals surface area contributed by atoms with Crippen molar-refractivity contribution >= 4 is 34.1 Å². The summed E-state index contributed by atoms with van der Waals surface area (Å²) in [5, 5.41) is 15.9. The number of benzene rings is 1. The molecule has 23 heavy (non-hydrogen) atoms. The molecule has 0 fully saturated rings. The Hall–Kier alpha value is -2.67. The molecule has 0 bridgehead atoms. The van der Waals surface area contributed by atoms with Crippen LogP contribution in [-0.2, 0) is 0 Å². The maximum atomic E-state index is 11.0. The lowest BCUT2D eigenvalue weighted by molar-refractivity contribution is -0.397. The zero-order chi connectivity index (χ0) is 16.4. The van der Waals surface area contributed by atoms with Gasteiger partial charge in [-0.2, -0.15) is 0 Å². The monoisotopic (exact) mass is 331 g/mol. The first-order chi connectivity index (χ1) is 11.1. The Kier molecular flexibility index (Phi) is 4.12. The number of nitro groups is 1. The predicted molar refractivity (Wildman–Crippen MR) is 88.6 cm³/mol. The van der Waals surface area contributed by atoms with Gasteiger partial charge >= 0.3 is 5.95 Å². The molecule has 1 aromatic carbocycles. The summed E-state index contributed by atoms with van der Waals surface area (Å²) in [6.07, 6.45) is 5.06. The SMILES string of the molecule is CCC(Nc1cnc2cc(Cl)ccc2c1)n1ccnc1[N+](=O)[O-]. The molecule has 0 aliphatic rings. The van der Waals surface area contributed by atoms with Gasteiger partial charge in [-0.1, -0.05) is 29.6 Å². The van der Waals surface area contributed by atoms with Gasteiger partial charge in [-0.25, -0.2) is 4.57 Å². The van der Waals surface area contributed by atoms with Crippen molar-refractivity contribution in [2.45, 2.75) is 19.5 Å². The van der Waals surface area contributed by atoms with Gasteiger partial charge in [0.2, 0.25) is 0 Å². The largest absolute Gasteiger partial charge is 0.436 e. The third kappa shape index (κ3) is 3.09. The van der Waals surface area contributed by atoms with Crippen LogP contribution < -0.4 is 5.32 Å². The summed E-state index contributed by atoms with van der Waals surface area (Å²) in [4.78, 5) is 18.7. The number of anilines is 1. The number of halogens is 1. The van der Waals surface area contributed by atoms with E-state index < -0.39 is 4.92 Å². The Morgan fingerprint density at radius 3 is 2.96 bits per heavy atom. The van der Waals surface area contributed by atoms with Crippen LogP contribution in [0.5, 0.6) is 0 Å². The zero-order valence-electron chi connectivity index (χ0n) is 12.3. The molecule has 0 aliphatic heterocycles. The molecule has 8 heteroatoms. The normalized spacial score (nSPS) is 12.3. The summed E-state index contributed by atoms with van der Waals surface area (Å²) < 4.78 is 1.51. The Morgan fingerprint density at radius 1 is 1.39 bits per heavy atom. The van der Waals surface area contributed by atoms with Crippen molar-refractivity contribution < 1.29 is 4.92 Å². The maximum absolute atomic E-state index is 11.0. The lowest BCUT2D eigenvalue weighted by Gasteiger charge is -2.17. The van der Waals surface area contributed by atoms with Gasteiger partial charge in [-0.05, 0) is 29.5 Å². The maximum Gasteiger partial charge on any atom is 0.436 e. The van der Waals surface area contributed by atoms with E-state index in [1.165, 1.54) is 10.8 Å². The van der Waals surface area contributed by atoms with Crippen molar-refractivity contribution in [3.63, 3.8) is 0 Å². The lowest BCUT2D eigenvalue weighted by Crippen LogP contribution is -2.18. The van der Waals surface area contributed by atoms with Crippen molar-refractivity contribution in [3.8, 4) is 0 Å². The smallest absolute Gasteiger partial charge is 0.390 e. The third-order valence-corrected chi connectivity index (χ3v) is 3.75. The van der Waals surface area contributed by atoms with Crippen LogP contribution in [0.4, 0.5) is 11.6 Å². The van der Waals surface area contributed by atoms with Gasteiger partial charge in [0, 0.05) is 10.4 Å². The van der Waals surface area contributed by atoms with Gasteiger partial charge < -0.3 is 15.4 Å². The molecule has 3 rings (SSSR count). The molecule has 0 amide bonds. The third-order valence-electron chi connectivity index (χ3n) is 3.51. The standard InChI is InChI=1S/C15H14ClN5O2/c1-2-14(20-6-5-17-15(20)21(22)23)19-12-7-10-3-4-11(16)8-13(10)18-9-12/h3-9,14,19H,2H2,1H3. The minimum absolute atomic E-state index is 0.190. The Morgan fingerprint density at radius 2 is 2.22 bits per heavy atom. The van der Waals surface area contributed by atoms with E-state index in [1.54, 1.807) is 24.5 Å². The fourth-order valence-electron chi connectivity index (χ4n) is 2.42. The highest BCUT2D eigenvalue weighted by Crippen LogP contribution is 2.24. The molecule has 2 aromatic heterocycles. The van der Waals surface area contributed by atoms with Crippen molar-refractivity contribution in [1.29, 1.82) is 0 Å². The molecule has 1 unspecified atom stereocenters. The molecular formula is C15H14ClN5O2. The summed E-state index contributed by atoms with van der Waals surface area (Å²) >= 11 is 5.95. The number of hydrogen-bond donors (Lipinski definition) is 1. The van der Waals surface area contributed by atoms with Crippen LogP contribution in [-0.4, -0.2) is 19.5 Å². The van der Waals surface area contributed by atoms with Gasteiger partial charge in [0.05, 0.1) is 17.4 Å². The van der Waals surface area contributed by atoms with E-state index in [2.05, 4.69) is 15.3 Å². The van der Waals surface area contributed by atoms with Crippen LogP contribution >= 0.6 is 11.6 Å². The summed E-state index contributed by atoms with van der Waals surface area (Å²) in [5.41, 5.74) is 1.57. The highest BCUT2D eigenvalue weighted by atomic mass is 35.5. The van der Waals surface area contributed by atoms with E-state index in [4.69, 9.17) is 11.6 Å². The Bertz CT molecular complexity index is 864. The quantitative estimate of drug-likeness (QED) is 0.563. The number of nitrogens with zero attached hydrogens (tertiary/aromatic N) is 4. The van der Waals surface area contributed by atoms with Gasteiger partial charge in [0.15, 0.2) is 6.17 Å². The van der Waals surface area contributed by atoms with Crippen LogP contribution in [0.25, 0.3) is 10.9 Å².